The first-order valence-corrected chi connectivity index (χ1v) is 8.05. The van der Waals surface area contributed by atoms with Crippen LogP contribution in [0.4, 0.5) is 0 Å². The fourth-order valence-electron chi connectivity index (χ4n) is 2.85. The first kappa shape index (κ1) is 16.7. The van der Waals surface area contributed by atoms with Gasteiger partial charge in [-0.05, 0) is 56.3 Å². The lowest BCUT2D eigenvalue weighted by Crippen LogP contribution is -2.38. The second-order valence-corrected chi connectivity index (χ2v) is 6.66. The normalized spacial score (nSPS) is 16.5. The summed E-state index contributed by atoms with van der Waals surface area (Å²) in [6.07, 6.45) is 4.34. The van der Waals surface area contributed by atoms with E-state index in [4.69, 9.17) is 0 Å². The molecule has 5 nitrogen and oxygen atoms in total. The molecule has 0 radical (unpaired) electrons. The largest absolute Gasteiger partial charge is 0.480 e. The Hall–Kier alpha value is -1.62. The van der Waals surface area contributed by atoms with Crippen LogP contribution in [0.2, 0.25) is 0 Å². The van der Waals surface area contributed by atoms with Gasteiger partial charge in [-0.3, -0.25) is 4.79 Å². The van der Waals surface area contributed by atoms with Crippen LogP contribution in [0.25, 0.3) is 0 Å². The molecule has 1 N–H and O–H groups in total. The quantitative estimate of drug-likeness (QED) is 0.838. The molecule has 1 aliphatic rings. The van der Waals surface area contributed by atoms with Crippen molar-refractivity contribution in [2.24, 2.45) is 5.92 Å². The van der Waals surface area contributed by atoms with Gasteiger partial charge in [-0.25, -0.2) is 4.79 Å². The average Bonchev–Trinajstić information content (AvgIpc) is 2.36. The summed E-state index contributed by atoms with van der Waals surface area (Å²) in [5.41, 5.74) is 1.80. The first-order chi connectivity index (χ1) is 10.4. The molecule has 0 aliphatic carbocycles. The van der Waals surface area contributed by atoms with E-state index >= 15 is 0 Å². The predicted molar refractivity (Wildman–Crippen MR) is 86.3 cm³/mol. The van der Waals surface area contributed by atoms with Gasteiger partial charge in [0.25, 0.3) is 5.56 Å². The SMILES string of the molecule is Cc1cc(=O)n(C(CC(C)C)C(=O)O)cc1CCN1CCC1. The second kappa shape index (κ2) is 7.09. The number of carboxylic acids is 1. The van der Waals surface area contributed by atoms with Gasteiger partial charge < -0.3 is 14.6 Å². The van der Waals surface area contributed by atoms with E-state index in [1.807, 2.05) is 20.8 Å². The molecule has 1 aromatic rings. The van der Waals surface area contributed by atoms with E-state index in [0.29, 0.717) is 6.42 Å². The van der Waals surface area contributed by atoms with Gasteiger partial charge in [-0.15, -0.1) is 0 Å². The zero-order valence-electron chi connectivity index (χ0n) is 13.7. The molecule has 0 bridgehead atoms. The van der Waals surface area contributed by atoms with Crippen molar-refractivity contribution in [3.8, 4) is 0 Å². The molecule has 22 heavy (non-hydrogen) atoms. The fourth-order valence-corrected chi connectivity index (χ4v) is 2.85. The smallest absolute Gasteiger partial charge is 0.326 e. The number of aryl methyl sites for hydroxylation is 1. The molecule has 1 aromatic heterocycles. The third kappa shape index (κ3) is 3.97. The maximum atomic E-state index is 12.2. The van der Waals surface area contributed by atoms with Gasteiger partial charge in [0.15, 0.2) is 0 Å². The van der Waals surface area contributed by atoms with Gasteiger partial charge in [-0.1, -0.05) is 13.8 Å². The molecular formula is C17H26N2O3. The molecule has 0 saturated carbocycles. The predicted octanol–water partition coefficient (Wildman–Crippen LogP) is 2.08. The van der Waals surface area contributed by atoms with E-state index in [1.54, 1.807) is 12.3 Å². The van der Waals surface area contributed by atoms with Gasteiger partial charge in [0, 0.05) is 18.8 Å². The lowest BCUT2D eigenvalue weighted by molar-refractivity contribution is -0.141. The monoisotopic (exact) mass is 306 g/mol. The number of aromatic nitrogens is 1. The van der Waals surface area contributed by atoms with Gasteiger partial charge >= 0.3 is 5.97 Å². The number of pyridine rings is 1. The zero-order valence-corrected chi connectivity index (χ0v) is 13.7. The van der Waals surface area contributed by atoms with Gasteiger partial charge in [0.2, 0.25) is 0 Å². The van der Waals surface area contributed by atoms with Crippen molar-refractivity contribution in [2.45, 2.75) is 46.1 Å². The number of carbonyl (C=O) groups is 1. The second-order valence-electron chi connectivity index (χ2n) is 6.66. The van der Waals surface area contributed by atoms with E-state index in [0.717, 1.165) is 37.2 Å². The van der Waals surface area contributed by atoms with Crippen LogP contribution in [0.5, 0.6) is 0 Å². The number of nitrogens with zero attached hydrogens (tertiary/aromatic N) is 2. The summed E-state index contributed by atoms with van der Waals surface area (Å²) in [6, 6.07) is 0.790. The van der Waals surface area contributed by atoms with E-state index in [9.17, 15) is 14.7 Å². The van der Waals surface area contributed by atoms with Crippen molar-refractivity contribution in [1.82, 2.24) is 9.47 Å². The highest BCUT2D eigenvalue weighted by Crippen LogP contribution is 2.18. The number of hydrogen-bond donors (Lipinski definition) is 1. The van der Waals surface area contributed by atoms with Gasteiger partial charge in [0.1, 0.15) is 6.04 Å². The molecule has 0 spiro atoms. The Morgan fingerprint density at radius 3 is 2.55 bits per heavy atom. The molecular weight excluding hydrogens is 280 g/mol. The van der Waals surface area contributed by atoms with Crippen molar-refractivity contribution in [1.29, 1.82) is 0 Å². The summed E-state index contributed by atoms with van der Waals surface area (Å²) < 4.78 is 1.40. The van der Waals surface area contributed by atoms with Crippen molar-refractivity contribution < 1.29 is 9.90 Å². The molecule has 1 aliphatic heterocycles. The lowest BCUT2D eigenvalue weighted by atomic mass is 10.0. The van der Waals surface area contributed by atoms with Crippen LogP contribution in [0.1, 0.15) is 43.9 Å². The molecule has 0 amide bonds. The van der Waals surface area contributed by atoms with Crippen LogP contribution < -0.4 is 5.56 Å². The highest BCUT2D eigenvalue weighted by Gasteiger charge is 2.23. The molecule has 2 heterocycles. The van der Waals surface area contributed by atoms with Crippen molar-refractivity contribution >= 4 is 5.97 Å². The Labute approximate surface area is 131 Å². The molecule has 1 unspecified atom stereocenters. The summed E-state index contributed by atoms with van der Waals surface area (Å²) in [4.78, 5) is 26.1. The maximum absolute atomic E-state index is 12.2. The van der Waals surface area contributed by atoms with E-state index in [1.165, 1.54) is 11.0 Å². The Morgan fingerprint density at radius 2 is 2.05 bits per heavy atom. The molecule has 1 saturated heterocycles. The van der Waals surface area contributed by atoms with Crippen molar-refractivity contribution in [3.05, 3.63) is 33.7 Å². The van der Waals surface area contributed by atoms with E-state index < -0.39 is 12.0 Å². The number of rotatable bonds is 7. The highest BCUT2D eigenvalue weighted by atomic mass is 16.4. The highest BCUT2D eigenvalue weighted by molar-refractivity contribution is 5.71. The lowest BCUT2D eigenvalue weighted by Gasteiger charge is -2.30. The van der Waals surface area contributed by atoms with Crippen LogP contribution in [0.3, 0.4) is 0 Å². The van der Waals surface area contributed by atoms with Crippen LogP contribution >= 0.6 is 0 Å². The minimum atomic E-state index is -0.937. The summed E-state index contributed by atoms with van der Waals surface area (Å²) in [6.45, 7) is 9.13. The fraction of sp³-hybridized carbons (Fsp3) is 0.647. The molecule has 1 fully saturated rings. The summed E-state index contributed by atoms with van der Waals surface area (Å²) in [5, 5.41) is 9.46. The van der Waals surface area contributed by atoms with Crippen molar-refractivity contribution in [2.75, 3.05) is 19.6 Å². The van der Waals surface area contributed by atoms with Gasteiger partial charge in [0.05, 0.1) is 0 Å². The Bertz CT molecular complexity index is 588. The Morgan fingerprint density at radius 1 is 1.36 bits per heavy atom. The average molecular weight is 306 g/mol. The minimum Gasteiger partial charge on any atom is -0.480 e. The van der Waals surface area contributed by atoms with Crippen molar-refractivity contribution in [3.63, 3.8) is 0 Å². The first-order valence-electron chi connectivity index (χ1n) is 8.05. The third-order valence-corrected chi connectivity index (χ3v) is 4.36. The van der Waals surface area contributed by atoms with Crippen LogP contribution in [-0.4, -0.2) is 40.2 Å². The number of carboxylic acid groups (broad SMARTS) is 1. The Balaban J connectivity index is 2.24. The summed E-state index contributed by atoms with van der Waals surface area (Å²) in [7, 11) is 0. The van der Waals surface area contributed by atoms with Crippen LogP contribution in [-0.2, 0) is 11.2 Å². The molecule has 2 rings (SSSR count). The Kier molecular flexibility index (Phi) is 5.40. The minimum absolute atomic E-state index is 0.221. The van der Waals surface area contributed by atoms with Crippen LogP contribution in [0, 0.1) is 12.8 Å². The number of aliphatic carboxylic acids is 1. The third-order valence-electron chi connectivity index (χ3n) is 4.36. The topological polar surface area (TPSA) is 62.5 Å². The van der Waals surface area contributed by atoms with Crippen LogP contribution in [0.15, 0.2) is 17.1 Å². The zero-order chi connectivity index (χ0) is 16.3. The number of likely N-dealkylation sites (tertiary alicyclic amines) is 1. The molecule has 5 heteroatoms. The molecule has 0 aromatic carbocycles. The number of hydrogen-bond acceptors (Lipinski definition) is 3. The molecule has 1 atom stereocenters. The summed E-state index contributed by atoms with van der Waals surface area (Å²) >= 11 is 0. The maximum Gasteiger partial charge on any atom is 0.326 e. The van der Waals surface area contributed by atoms with E-state index in [-0.39, 0.29) is 11.5 Å². The molecule has 122 valence electrons. The van der Waals surface area contributed by atoms with E-state index in [2.05, 4.69) is 4.90 Å². The van der Waals surface area contributed by atoms with Gasteiger partial charge in [-0.2, -0.15) is 0 Å². The standard InChI is InChI=1S/C17H26N2O3/c1-12(2)9-15(17(21)22)19-11-14(13(3)10-16(19)20)5-8-18-6-4-7-18/h10-12,15H,4-9H2,1-3H3,(H,21,22). The summed E-state index contributed by atoms with van der Waals surface area (Å²) in [5.74, 6) is -0.716.